The van der Waals surface area contributed by atoms with E-state index in [4.69, 9.17) is 0 Å². The molecule has 0 atom stereocenters. The third-order valence-corrected chi connectivity index (χ3v) is 4.03. The quantitative estimate of drug-likeness (QED) is 0.850. The molecule has 0 aliphatic heterocycles. The van der Waals surface area contributed by atoms with Gasteiger partial charge in [-0.3, -0.25) is 9.89 Å². The minimum atomic E-state index is 0.0779. The predicted molar refractivity (Wildman–Crippen MR) is 70.5 cm³/mol. The van der Waals surface area contributed by atoms with Crippen molar-refractivity contribution in [3.05, 3.63) is 17.5 Å². The summed E-state index contributed by atoms with van der Waals surface area (Å²) in [6.07, 6.45) is 6.05. The van der Waals surface area contributed by atoms with Crippen molar-refractivity contribution in [2.75, 3.05) is 14.1 Å². The van der Waals surface area contributed by atoms with Crippen molar-refractivity contribution in [3.63, 3.8) is 0 Å². The van der Waals surface area contributed by atoms with Crippen molar-refractivity contribution in [1.29, 1.82) is 0 Å². The van der Waals surface area contributed by atoms with Crippen LogP contribution in [0.15, 0.2) is 6.20 Å². The summed E-state index contributed by atoms with van der Waals surface area (Å²) < 4.78 is 0. The molecule has 0 bridgehead atoms. The van der Waals surface area contributed by atoms with Gasteiger partial charge in [-0.2, -0.15) is 5.10 Å². The Bertz CT molecular complexity index is 407. The summed E-state index contributed by atoms with van der Waals surface area (Å²) in [5.41, 5.74) is 1.53. The van der Waals surface area contributed by atoms with E-state index in [-0.39, 0.29) is 5.91 Å². The summed E-state index contributed by atoms with van der Waals surface area (Å²) in [6, 6.07) is 0.969. The molecule has 2 rings (SSSR count). The Morgan fingerprint density at radius 3 is 2.61 bits per heavy atom. The first kappa shape index (κ1) is 13.1. The van der Waals surface area contributed by atoms with Crippen LogP contribution in [-0.2, 0) is 0 Å². The van der Waals surface area contributed by atoms with Crippen LogP contribution in [0.25, 0.3) is 0 Å². The number of carbonyl (C=O) groups excluding carboxylic acids is 1. The number of nitrogens with one attached hydrogen (secondary N) is 2. The van der Waals surface area contributed by atoms with E-state index >= 15 is 0 Å². The van der Waals surface area contributed by atoms with Gasteiger partial charge in [-0.05, 0) is 39.7 Å². The van der Waals surface area contributed by atoms with Crippen molar-refractivity contribution < 1.29 is 4.79 Å². The first-order valence-corrected chi connectivity index (χ1v) is 6.58. The number of carbonyl (C=O) groups is 1. The zero-order chi connectivity index (χ0) is 13.1. The lowest BCUT2D eigenvalue weighted by molar-refractivity contribution is 0.0685. The molecule has 0 radical (unpaired) electrons. The summed E-state index contributed by atoms with van der Waals surface area (Å²) in [6.45, 7) is 1.88. The van der Waals surface area contributed by atoms with Crippen molar-refractivity contribution in [1.82, 2.24) is 20.4 Å². The highest BCUT2D eigenvalue weighted by Gasteiger charge is 2.27. The molecule has 5 heteroatoms. The number of aromatic amines is 1. The van der Waals surface area contributed by atoms with Crippen molar-refractivity contribution in [2.24, 2.45) is 0 Å². The number of rotatable bonds is 3. The molecule has 1 aromatic rings. The van der Waals surface area contributed by atoms with Gasteiger partial charge in [-0.1, -0.05) is 0 Å². The van der Waals surface area contributed by atoms with E-state index in [1.165, 1.54) is 0 Å². The van der Waals surface area contributed by atoms with E-state index in [2.05, 4.69) is 15.5 Å². The maximum absolute atomic E-state index is 12.3. The average Bonchev–Trinajstić information content (AvgIpc) is 2.83. The van der Waals surface area contributed by atoms with Gasteiger partial charge in [0.25, 0.3) is 5.91 Å². The third kappa shape index (κ3) is 2.56. The van der Waals surface area contributed by atoms with Crippen molar-refractivity contribution >= 4 is 5.91 Å². The van der Waals surface area contributed by atoms with Gasteiger partial charge in [0, 0.05) is 24.8 Å². The molecule has 1 fully saturated rings. The van der Waals surface area contributed by atoms with E-state index in [0.29, 0.717) is 17.6 Å². The van der Waals surface area contributed by atoms with E-state index < -0.39 is 0 Å². The fourth-order valence-electron chi connectivity index (χ4n) is 2.67. The number of nitrogens with zero attached hydrogens (tertiary/aromatic N) is 2. The first-order chi connectivity index (χ1) is 8.63. The summed E-state index contributed by atoms with van der Waals surface area (Å²) in [5.74, 6) is 0.0779. The fraction of sp³-hybridized carbons (Fsp3) is 0.692. The molecule has 1 saturated carbocycles. The molecule has 1 amide bonds. The smallest absolute Gasteiger partial charge is 0.257 e. The van der Waals surface area contributed by atoms with Crippen LogP contribution >= 0.6 is 0 Å². The van der Waals surface area contributed by atoms with Gasteiger partial charge >= 0.3 is 0 Å². The zero-order valence-corrected chi connectivity index (χ0v) is 11.4. The number of aryl methyl sites for hydroxylation is 1. The lowest BCUT2D eigenvalue weighted by Crippen LogP contribution is -2.42. The highest BCUT2D eigenvalue weighted by atomic mass is 16.2. The summed E-state index contributed by atoms with van der Waals surface area (Å²) in [4.78, 5) is 14.2. The van der Waals surface area contributed by atoms with Crippen LogP contribution in [0.4, 0.5) is 0 Å². The fourth-order valence-corrected chi connectivity index (χ4v) is 2.67. The van der Waals surface area contributed by atoms with Crippen molar-refractivity contribution in [2.45, 2.75) is 44.7 Å². The monoisotopic (exact) mass is 250 g/mol. The van der Waals surface area contributed by atoms with Crippen LogP contribution in [0.1, 0.15) is 41.7 Å². The Labute approximate surface area is 108 Å². The van der Waals surface area contributed by atoms with E-state index in [1.54, 1.807) is 6.20 Å². The zero-order valence-electron chi connectivity index (χ0n) is 11.4. The molecule has 0 unspecified atom stereocenters. The minimum absolute atomic E-state index is 0.0779. The molecule has 100 valence electrons. The first-order valence-electron chi connectivity index (χ1n) is 6.58. The SMILES string of the molecule is CNC1CCC(N(C)C(=O)c2cn[nH]c2C)CC1. The molecule has 5 nitrogen and oxygen atoms in total. The summed E-state index contributed by atoms with van der Waals surface area (Å²) in [7, 11) is 3.91. The molecule has 1 aliphatic rings. The summed E-state index contributed by atoms with van der Waals surface area (Å²) in [5, 5.41) is 10.0. The lowest BCUT2D eigenvalue weighted by atomic mass is 9.90. The van der Waals surface area contributed by atoms with Crippen LogP contribution in [0.3, 0.4) is 0 Å². The molecule has 1 aliphatic carbocycles. The molecular weight excluding hydrogens is 228 g/mol. The standard InChI is InChI=1S/C13H22N4O/c1-9-12(8-15-16-9)13(18)17(3)11-6-4-10(14-2)5-7-11/h8,10-11,14H,4-7H2,1-3H3,(H,15,16). The second-order valence-electron chi connectivity index (χ2n) is 5.12. The molecule has 0 saturated heterocycles. The number of H-pyrrole nitrogens is 1. The highest BCUT2D eigenvalue weighted by Crippen LogP contribution is 2.23. The molecule has 0 aromatic carbocycles. The number of hydrogen-bond donors (Lipinski definition) is 2. The topological polar surface area (TPSA) is 61.0 Å². The predicted octanol–water partition coefficient (Wildman–Crippen LogP) is 1.32. The Morgan fingerprint density at radius 2 is 2.11 bits per heavy atom. The molecule has 1 heterocycles. The number of aromatic nitrogens is 2. The normalized spacial score (nSPS) is 23.9. The second-order valence-corrected chi connectivity index (χ2v) is 5.12. The van der Waals surface area contributed by atoms with Crippen LogP contribution in [0, 0.1) is 6.92 Å². The minimum Gasteiger partial charge on any atom is -0.339 e. The summed E-state index contributed by atoms with van der Waals surface area (Å²) >= 11 is 0. The van der Waals surface area contributed by atoms with Gasteiger partial charge in [0.2, 0.25) is 0 Å². The number of amides is 1. The third-order valence-electron chi connectivity index (χ3n) is 4.03. The Balaban J connectivity index is 1.98. The number of hydrogen-bond acceptors (Lipinski definition) is 3. The molecule has 1 aromatic heterocycles. The van der Waals surface area contributed by atoms with Gasteiger partial charge in [-0.15, -0.1) is 0 Å². The Hall–Kier alpha value is -1.36. The average molecular weight is 250 g/mol. The van der Waals surface area contributed by atoms with Gasteiger partial charge < -0.3 is 10.2 Å². The van der Waals surface area contributed by atoms with Gasteiger partial charge in [0.1, 0.15) is 0 Å². The van der Waals surface area contributed by atoms with Crippen LogP contribution in [0.5, 0.6) is 0 Å². The van der Waals surface area contributed by atoms with E-state index in [1.807, 2.05) is 25.9 Å². The van der Waals surface area contributed by atoms with Gasteiger partial charge in [-0.25, -0.2) is 0 Å². The largest absolute Gasteiger partial charge is 0.339 e. The van der Waals surface area contributed by atoms with Crippen LogP contribution < -0.4 is 5.32 Å². The highest BCUT2D eigenvalue weighted by molar-refractivity contribution is 5.95. The molecular formula is C13H22N4O. The van der Waals surface area contributed by atoms with E-state index in [0.717, 1.165) is 31.4 Å². The van der Waals surface area contributed by atoms with E-state index in [9.17, 15) is 4.79 Å². The Morgan fingerprint density at radius 1 is 1.44 bits per heavy atom. The van der Waals surface area contributed by atoms with Gasteiger partial charge in [0.15, 0.2) is 0 Å². The maximum atomic E-state index is 12.3. The maximum Gasteiger partial charge on any atom is 0.257 e. The van der Waals surface area contributed by atoms with Crippen LogP contribution in [-0.4, -0.2) is 47.2 Å². The second kappa shape index (κ2) is 5.52. The Kier molecular flexibility index (Phi) is 4.01. The molecule has 0 spiro atoms. The molecule has 18 heavy (non-hydrogen) atoms. The van der Waals surface area contributed by atoms with Crippen LogP contribution in [0.2, 0.25) is 0 Å². The van der Waals surface area contributed by atoms with Gasteiger partial charge in [0.05, 0.1) is 11.8 Å². The van der Waals surface area contributed by atoms with Crippen molar-refractivity contribution in [3.8, 4) is 0 Å². The lowest BCUT2D eigenvalue weighted by Gasteiger charge is -2.34. The molecule has 2 N–H and O–H groups in total.